The summed E-state index contributed by atoms with van der Waals surface area (Å²) in [5, 5.41) is 8.24. The first-order valence-electron chi connectivity index (χ1n) is 5.20. The molecule has 8 nitrogen and oxygen atoms in total. The third-order valence-electron chi connectivity index (χ3n) is 2.43. The molecule has 3 N–H and O–H groups in total. The molecule has 0 unspecified atom stereocenters. The Labute approximate surface area is 97.9 Å². The first-order chi connectivity index (χ1) is 7.99. The van der Waals surface area contributed by atoms with Gasteiger partial charge in [-0.2, -0.15) is 0 Å². The molecular formula is C9H15N3O5. The van der Waals surface area contributed by atoms with Gasteiger partial charge in [-0.1, -0.05) is 0 Å². The Balaban J connectivity index is 2.23. The number of carbonyl (C=O) groups is 3. The lowest BCUT2D eigenvalue weighted by Gasteiger charge is -2.30. The van der Waals surface area contributed by atoms with Crippen LogP contribution in [0.1, 0.15) is 19.8 Å². The normalized spacial score (nSPS) is 16.2. The maximum Gasteiger partial charge on any atom is 0.426 e. The average molecular weight is 245 g/mol. The molecule has 0 aromatic carbocycles. The summed E-state index contributed by atoms with van der Waals surface area (Å²) >= 11 is 0. The number of hydrogen-bond acceptors (Lipinski definition) is 4. The van der Waals surface area contributed by atoms with E-state index in [0.29, 0.717) is 25.9 Å². The second kappa shape index (κ2) is 5.92. The number of nitrogens with zero attached hydrogens (tertiary/aromatic N) is 1. The Hall–Kier alpha value is -1.99. The van der Waals surface area contributed by atoms with E-state index in [2.05, 4.69) is 0 Å². The largest absolute Gasteiger partial charge is 0.464 e. The van der Waals surface area contributed by atoms with Crippen LogP contribution in [0.2, 0.25) is 0 Å². The van der Waals surface area contributed by atoms with Crippen LogP contribution in [-0.2, 0) is 9.53 Å². The molecule has 1 rings (SSSR count). The fourth-order valence-electron chi connectivity index (χ4n) is 1.57. The van der Waals surface area contributed by atoms with Gasteiger partial charge in [-0.3, -0.25) is 4.79 Å². The second-order valence-corrected chi connectivity index (χ2v) is 3.67. The number of piperidine rings is 1. The number of likely N-dealkylation sites (tertiary alicyclic amines) is 1. The van der Waals surface area contributed by atoms with E-state index in [0.717, 1.165) is 0 Å². The molecule has 0 spiro atoms. The summed E-state index contributed by atoms with van der Waals surface area (Å²) in [6.07, 6.45) is -1.39. The molecule has 0 aliphatic carbocycles. The molecular weight excluding hydrogens is 230 g/mol. The van der Waals surface area contributed by atoms with Crippen molar-refractivity contribution in [2.24, 2.45) is 0 Å². The summed E-state index contributed by atoms with van der Waals surface area (Å²) in [7, 11) is 0. The molecule has 0 aromatic heterocycles. The van der Waals surface area contributed by atoms with Crippen LogP contribution in [0.15, 0.2) is 0 Å². The average Bonchev–Trinajstić information content (AvgIpc) is 2.27. The Morgan fingerprint density at radius 3 is 2.29 bits per heavy atom. The molecule has 1 saturated heterocycles. The van der Waals surface area contributed by atoms with E-state index in [1.807, 2.05) is 5.43 Å². The van der Waals surface area contributed by atoms with Gasteiger partial charge in [-0.25, -0.2) is 20.4 Å². The lowest BCUT2D eigenvalue weighted by Crippen LogP contribution is -2.45. The van der Waals surface area contributed by atoms with Gasteiger partial charge >= 0.3 is 12.2 Å². The number of ether oxygens (including phenoxy) is 1. The molecule has 1 heterocycles. The Morgan fingerprint density at radius 1 is 1.24 bits per heavy atom. The minimum absolute atomic E-state index is 0.000412. The van der Waals surface area contributed by atoms with Crippen LogP contribution < -0.4 is 10.9 Å². The summed E-state index contributed by atoms with van der Waals surface area (Å²) in [5.74, 6) is 0.000412. The van der Waals surface area contributed by atoms with Crippen LogP contribution in [0.3, 0.4) is 0 Å². The number of rotatable bonds is 1. The standard InChI is InChI=1S/C9H15N3O5/c1-6(13)12-4-2-7(3-5-12)17-9(16)11-10-8(14)15/h7,10H,2-5H2,1H3,(H,11,16)(H,14,15). The van der Waals surface area contributed by atoms with E-state index in [-0.39, 0.29) is 12.0 Å². The van der Waals surface area contributed by atoms with Crippen molar-refractivity contribution in [2.75, 3.05) is 13.1 Å². The van der Waals surface area contributed by atoms with Crippen LogP contribution in [0.4, 0.5) is 9.59 Å². The van der Waals surface area contributed by atoms with Crippen molar-refractivity contribution in [3.63, 3.8) is 0 Å². The third kappa shape index (κ3) is 4.58. The third-order valence-corrected chi connectivity index (χ3v) is 2.43. The van der Waals surface area contributed by atoms with Gasteiger partial charge in [-0.15, -0.1) is 0 Å². The van der Waals surface area contributed by atoms with Crippen molar-refractivity contribution >= 4 is 18.1 Å². The van der Waals surface area contributed by atoms with Crippen LogP contribution >= 0.6 is 0 Å². The minimum atomic E-state index is -1.37. The number of carbonyl (C=O) groups excluding carboxylic acids is 2. The van der Waals surface area contributed by atoms with Gasteiger partial charge < -0.3 is 14.7 Å². The number of hydrazine groups is 1. The van der Waals surface area contributed by atoms with E-state index in [1.54, 1.807) is 10.3 Å². The van der Waals surface area contributed by atoms with Gasteiger partial charge in [0.15, 0.2) is 0 Å². The maximum atomic E-state index is 11.1. The second-order valence-electron chi connectivity index (χ2n) is 3.67. The van der Waals surface area contributed by atoms with Gasteiger partial charge in [0.25, 0.3) is 0 Å². The zero-order chi connectivity index (χ0) is 12.8. The highest BCUT2D eigenvalue weighted by atomic mass is 16.6. The Morgan fingerprint density at radius 2 is 1.82 bits per heavy atom. The monoisotopic (exact) mass is 245 g/mol. The number of carboxylic acid groups (broad SMARTS) is 1. The van der Waals surface area contributed by atoms with Crippen molar-refractivity contribution in [3.05, 3.63) is 0 Å². The zero-order valence-electron chi connectivity index (χ0n) is 9.43. The lowest BCUT2D eigenvalue weighted by atomic mass is 10.1. The number of hydrogen-bond donors (Lipinski definition) is 3. The molecule has 1 fully saturated rings. The molecule has 1 aliphatic rings. The van der Waals surface area contributed by atoms with E-state index >= 15 is 0 Å². The first kappa shape index (κ1) is 13.1. The van der Waals surface area contributed by atoms with Crippen LogP contribution in [0, 0.1) is 0 Å². The fraction of sp³-hybridized carbons (Fsp3) is 0.667. The summed E-state index contributed by atoms with van der Waals surface area (Å²) in [6.45, 7) is 2.57. The molecule has 96 valence electrons. The summed E-state index contributed by atoms with van der Waals surface area (Å²) in [4.78, 5) is 33.9. The van der Waals surface area contributed by atoms with Crippen LogP contribution in [0.25, 0.3) is 0 Å². The zero-order valence-corrected chi connectivity index (χ0v) is 9.43. The Bertz CT molecular complexity index is 312. The maximum absolute atomic E-state index is 11.1. The van der Waals surface area contributed by atoms with E-state index in [4.69, 9.17) is 9.84 Å². The highest BCUT2D eigenvalue weighted by Gasteiger charge is 2.23. The van der Waals surface area contributed by atoms with Crippen LogP contribution in [0.5, 0.6) is 0 Å². The highest BCUT2D eigenvalue weighted by Crippen LogP contribution is 2.13. The van der Waals surface area contributed by atoms with Crippen molar-refractivity contribution in [1.29, 1.82) is 0 Å². The predicted octanol–water partition coefficient (Wildman–Crippen LogP) is -0.0939. The quantitative estimate of drug-likeness (QED) is 0.559. The smallest absolute Gasteiger partial charge is 0.426 e. The summed E-state index contributed by atoms with van der Waals surface area (Å²) in [5.41, 5.74) is 3.56. The molecule has 0 saturated carbocycles. The van der Waals surface area contributed by atoms with Crippen molar-refractivity contribution in [2.45, 2.75) is 25.9 Å². The molecule has 0 aromatic rings. The molecule has 8 heteroatoms. The number of nitrogens with one attached hydrogen (secondary N) is 2. The van der Waals surface area contributed by atoms with E-state index < -0.39 is 12.2 Å². The molecule has 17 heavy (non-hydrogen) atoms. The van der Waals surface area contributed by atoms with Gasteiger partial charge in [0.2, 0.25) is 5.91 Å². The summed E-state index contributed by atoms with van der Waals surface area (Å²) in [6, 6.07) is 0. The Kier molecular flexibility index (Phi) is 4.56. The molecule has 0 radical (unpaired) electrons. The predicted molar refractivity (Wildman–Crippen MR) is 56.1 cm³/mol. The van der Waals surface area contributed by atoms with Gasteiger partial charge in [-0.05, 0) is 0 Å². The molecule has 1 aliphatic heterocycles. The van der Waals surface area contributed by atoms with Crippen molar-refractivity contribution < 1.29 is 24.2 Å². The van der Waals surface area contributed by atoms with Crippen molar-refractivity contribution in [3.8, 4) is 0 Å². The number of amides is 3. The SMILES string of the molecule is CC(=O)N1CCC(OC(=O)NNC(=O)O)CC1. The van der Waals surface area contributed by atoms with Crippen molar-refractivity contribution in [1.82, 2.24) is 15.8 Å². The molecule has 3 amide bonds. The lowest BCUT2D eigenvalue weighted by molar-refractivity contribution is -0.130. The highest BCUT2D eigenvalue weighted by molar-refractivity contribution is 5.73. The molecule has 0 atom stereocenters. The summed E-state index contributed by atoms with van der Waals surface area (Å²) < 4.78 is 4.96. The van der Waals surface area contributed by atoms with Gasteiger partial charge in [0.1, 0.15) is 6.10 Å². The van der Waals surface area contributed by atoms with E-state index in [1.165, 1.54) is 6.92 Å². The van der Waals surface area contributed by atoms with Crippen LogP contribution in [-0.4, -0.2) is 47.3 Å². The fourth-order valence-corrected chi connectivity index (χ4v) is 1.57. The van der Waals surface area contributed by atoms with Gasteiger partial charge in [0.05, 0.1) is 0 Å². The minimum Gasteiger partial charge on any atom is -0.464 e. The first-order valence-corrected chi connectivity index (χ1v) is 5.20. The molecule has 0 bridgehead atoms. The van der Waals surface area contributed by atoms with E-state index in [9.17, 15) is 14.4 Å². The van der Waals surface area contributed by atoms with Gasteiger partial charge in [0, 0.05) is 32.9 Å². The topological polar surface area (TPSA) is 108 Å².